The third-order valence-corrected chi connectivity index (χ3v) is 4.26. The van der Waals surface area contributed by atoms with Gasteiger partial charge in [-0.1, -0.05) is 84.9 Å². The van der Waals surface area contributed by atoms with E-state index in [2.05, 4.69) is 72.8 Å². The fourth-order valence-electron chi connectivity index (χ4n) is 3.07. The predicted molar refractivity (Wildman–Crippen MR) is 99.2 cm³/mol. The van der Waals surface area contributed by atoms with E-state index in [-0.39, 0.29) is 0 Å². The molecule has 0 saturated carbocycles. The maximum atomic E-state index is 6.08. The molecule has 4 rings (SSSR count). The van der Waals surface area contributed by atoms with Crippen LogP contribution in [0.4, 0.5) is 5.69 Å². The molecule has 0 amide bonds. The number of hydrogen-bond donors (Lipinski definition) is 1. The number of anilines is 1. The zero-order valence-corrected chi connectivity index (χ0v) is 12.7. The van der Waals surface area contributed by atoms with Crippen molar-refractivity contribution in [1.82, 2.24) is 0 Å². The zero-order chi connectivity index (χ0) is 15.6. The summed E-state index contributed by atoms with van der Waals surface area (Å²) in [5.74, 6) is 0. The van der Waals surface area contributed by atoms with Gasteiger partial charge in [-0.2, -0.15) is 0 Å². The van der Waals surface area contributed by atoms with E-state index < -0.39 is 0 Å². The van der Waals surface area contributed by atoms with Crippen LogP contribution in [0, 0.1) is 0 Å². The molecule has 1 nitrogen and oxygen atoms in total. The Morgan fingerprint density at radius 3 is 1.83 bits per heavy atom. The van der Waals surface area contributed by atoms with Gasteiger partial charge in [0, 0.05) is 11.3 Å². The van der Waals surface area contributed by atoms with Crippen LogP contribution in [0.2, 0.25) is 0 Å². The molecule has 2 N–H and O–H groups in total. The van der Waals surface area contributed by atoms with Gasteiger partial charge in [-0.05, 0) is 33.5 Å². The molecule has 0 aliphatic rings. The van der Waals surface area contributed by atoms with Crippen molar-refractivity contribution in [2.24, 2.45) is 0 Å². The number of fused-ring (bicyclic) bond motifs is 1. The highest BCUT2D eigenvalue weighted by Crippen LogP contribution is 2.31. The summed E-state index contributed by atoms with van der Waals surface area (Å²) in [6.07, 6.45) is 0. The summed E-state index contributed by atoms with van der Waals surface area (Å²) in [4.78, 5) is 0. The molecule has 0 radical (unpaired) electrons. The van der Waals surface area contributed by atoms with Crippen LogP contribution < -0.4 is 5.73 Å². The summed E-state index contributed by atoms with van der Waals surface area (Å²) in [6, 6.07) is 31.5. The number of benzene rings is 4. The van der Waals surface area contributed by atoms with Crippen LogP contribution in [0.15, 0.2) is 91.0 Å². The summed E-state index contributed by atoms with van der Waals surface area (Å²) < 4.78 is 0. The number of rotatable bonds is 2. The molecule has 0 saturated heterocycles. The number of hydrogen-bond acceptors (Lipinski definition) is 1. The fourth-order valence-corrected chi connectivity index (χ4v) is 3.07. The summed E-state index contributed by atoms with van der Waals surface area (Å²) >= 11 is 0. The molecule has 4 aromatic rings. The molecule has 0 bridgehead atoms. The Bertz CT molecular complexity index is 963. The molecule has 0 spiro atoms. The number of nitrogen functional groups attached to an aromatic ring is 1. The first-order valence-corrected chi connectivity index (χ1v) is 7.76. The van der Waals surface area contributed by atoms with Gasteiger partial charge in [0.25, 0.3) is 0 Å². The summed E-state index contributed by atoms with van der Waals surface area (Å²) in [5.41, 5.74) is 11.6. The second-order valence-electron chi connectivity index (χ2n) is 5.69. The average Bonchev–Trinajstić information content (AvgIpc) is 2.62. The molecule has 110 valence electrons. The summed E-state index contributed by atoms with van der Waals surface area (Å²) in [6.45, 7) is 0. The van der Waals surface area contributed by atoms with Crippen LogP contribution in [0.1, 0.15) is 0 Å². The molecular weight excluding hydrogens is 278 g/mol. The monoisotopic (exact) mass is 295 g/mol. The Morgan fingerprint density at radius 2 is 1.04 bits per heavy atom. The van der Waals surface area contributed by atoms with Gasteiger partial charge in [-0.15, -0.1) is 0 Å². The molecule has 0 atom stereocenters. The summed E-state index contributed by atoms with van der Waals surface area (Å²) in [5, 5.41) is 2.54. The molecule has 0 unspecified atom stereocenters. The van der Waals surface area contributed by atoms with Gasteiger partial charge < -0.3 is 5.73 Å². The molecule has 23 heavy (non-hydrogen) atoms. The highest BCUT2D eigenvalue weighted by molar-refractivity contribution is 5.96. The summed E-state index contributed by atoms with van der Waals surface area (Å²) in [7, 11) is 0. The van der Waals surface area contributed by atoms with Crippen molar-refractivity contribution >= 4 is 16.5 Å². The number of para-hydroxylation sites is 1. The third kappa shape index (κ3) is 2.47. The van der Waals surface area contributed by atoms with Gasteiger partial charge >= 0.3 is 0 Å². The molecule has 0 heterocycles. The first-order valence-electron chi connectivity index (χ1n) is 7.76. The minimum atomic E-state index is 0.811. The normalized spacial score (nSPS) is 10.8. The lowest BCUT2D eigenvalue weighted by Gasteiger charge is -2.09. The quantitative estimate of drug-likeness (QED) is 0.468. The molecule has 0 aliphatic carbocycles. The van der Waals surface area contributed by atoms with E-state index in [4.69, 9.17) is 5.73 Å². The Hall–Kier alpha value is -3.06. The molecule has 0 aromatic heterocycles. The van der Waals surface area contributed by atoms with Crippen LogP contribution in [-0.4, -0.2) is 0 Å². The van der Waals surface area contributed by atoms with Gasteiger partial charge in [0.05, 0.1) is 0 Å². The number of nitrogens with two attached hydrogens (primary N) is 1. The Morgan fingerprint density at radius 1 is 0.478 bits per heavy atom. The van der Waals surface area contributed by atoms with Crippen molar-refractivity contribution < 1.29 is 0 Å². The standard InChI is InChI=1S/C22H17N/c23-22-11-4-3-9-21(22)18-14-12-17(13-15-18)20-10-5-7-16-6-1-2-8-19(16)20/h1-15H,23H2. The maximum absolute atomic E-state index is 6.08. The van der Waals surface area contributed by atoms with E-state index >= 15 is 0 Å². The molecule has 1 heteroatoms. The van der Waals surface area contributed by atoms with E-state index in [1.165, 1.54) is 21.9 Å². The van der Waals surface area contributed by atoms with Crippen LogP contribution in [0.25, 0.3) is 33.0 Å². The van der Waals surface area contributed by atoms with E-state index in [1.54, 1.807) is 0 Å². The Labute approximate surface area is 136 Å². The lowest BCUT2D eigenvalue weighted by atomic mass is 9.96. The minimum Gasteiger partial charge on any atom is -0.398 e. The smallest absolute Gasteiger partial charge is 0.0393 e. The third-order valence-electron chi connectivity index (χ3n) is 4.26. The highest BCUT2D eigenvalue weighted by Gasteiger charge is 2.05. The van der Waals surface area contributed by atoms with Crippen molar-refractivity contribution in [2.45, 2.75) is 0 Å². The van der Waals surface area contributed by atoms with Crippen molar-refractivity contribution in [1.29, 1.82) is 0 Å². The zero-order valence-electron chi connectivity index (χ0n) is 12.7. The van der Waals surface area contributed by atoms with E-state index in [1.807, 2.05) is 18.2 Å². The van der Waals surface area contributed by atoms with Crippen LogP contribution in [0.5, 0.6) is 0 Å². The second kappa shape index (κ2) is 5.62. The van der Waals surface area contributed by atoms with E-state index in [9.17, 15) is 0 Å². The van der Waals surface area contributed by atoms with Crippen molar-refractivity contribution in [2.75, 3.05) is 5.73 Å². The van der Waals surface area contributed by atoms with E-state index in [0.717, 1.165) is 16.8 Å². The van der Waals surface area contributed by atoms with Gasteiger partial charge in [-0.25, -0.2) is 0 Å². The molecular formula is C22H17N. The predicted octanol–water partition coefficient (Wildman–Crippen LogP) is 5.76. The highest BCUT2D eigenvalue weighted by atomic mass is 14.6. The first-order chi connectivity index (χ1) is 11.3. The molecule has 0 aliphatic heterocycles. The van der Waals surface area contributed by atoms with Crippen molar-refractivity contribution in [3.05, 3.63) is 91.0 Å². The maximum Gasteiger partial charge on any atom is 0.0393 e. The van der Waals surface area contributed by atoms with Crippen LogP contribution in [-0.2, 0) is 0 Å². The van der Waals surface area contributed by atoms with Gasteiger partial charge in [0.15, 0.2) is 0 Å². The Balaban J connectivity index is 1.80. The largest absolute Gasteiger partial charge is 0.398 e. The second-order valence-corrected chi connectivity index (χ2v) is 5.69. The van der Waals surface area contributed by atoms with Crippen LogP contribution >= 0.6 is 0 Å². The average molecular weight is 295 g/mol. The van der Waals surface area contributed by atoms with Crippen molar-refractivity contribution in [3.63, 3.8) is 0 Å². The van der Waals surface area contributed by atoms with Gasteiger partial charge in [0.1, 0.15) is 0 Å². The molecule has 0 fully saturated rings. The Kier molecular flexibility index (Phi) is 3.32. The minimum absolute atomic E-state index is 0.811. The topological polar surface area (TPSA) is 26.0 Å². The van der Waals surface area contributed by atoms with Gasteiger partial charge in [0.2, 0.25) is 0 Å². The SMILES string of the molecule is Nc1ccccc1-c1ccc(-c2cccc3ccccc23)cc1. The lowest BCUT2D eigenvalue weighted by Crippen LogP contribution is -1.89. The lowest BCUT2D eigenvalue weighted by molar-refractivity contribution is 1.60. The molecule has 4 aromatic carbocycles. The van der Waals surface area contributed by atoms with Crippen molar-refractivity contribution in [3.8, 4) is 22.3 Å². The van der Waals surface area contributed by atoms with Crippen LogP contribution in [0.3, 0.4) is 0 Å². The van der Waals surface area contributed by atoms with Gasteiger partial charge in [-0.3, -0.25) is 0 Å². The van der Waals surface area contributed by atoms with E-state index in [0.29, 0.717) is 0 Å². The first kappa shape index (κ1) is 13.6. The fraction of sp³-hybridized carbons (Fsp3) is 0.